The Kier molecular flexibility index (Phi) is 3.09. The summed E-state index contributed by atoms with van der Waals surface area (Å²) in [5.41, 5.74) is 3.03. The average Bonchev–Trinajstić information content (AvgIpc) is 2.36. The first kappa shape index (κ1) is 12.7. The van der Waals surface area contributed by atoms with Crippen LogP contribution in [0.4, 0.5) is 0 Å². The lowest BCUT2D eigenvalue weighted by Gasteiger charge is -2.51. The Bertz CT molecular complexity index is 493. The predicted molar refractivity (Wildman–Crippen MR) is 74.1 cm³/mol. The number of hydrogen-bond acceptors (Lipinski definition) is 2. The molecule has 1 saturated carbocycles. The first-order chi connectivity index (χ1) is 9.16. The highest BCUT2D eigenvalue weighted by molar-refractivity contribution is 5.73. The summed E-state index contributed by atoms with van der Waals surface area (Å²) in [4.78, 5) is 13.6. The Morgan fingerprint density at radius 3 is 2.74 bits per heavy atom. The molecule has 2 aliphatic rings. The van der Waals surface area contributed by atoms with E-state index in [0.717, 1.165) is 13.1 Å². The Morgan fingerprint density at radius 1 is 1.42 bits per heavy atom. The van der Waals surface area contributed by atoms with E-state index in [9.17, 15) is 9.90 Å². The van der Waals surface area contributed by atoms with Crippen LogP contribution in [0.25, 0.3) is 0 Å². The summed E-state index contributed by atoms with van der Waals surface area (Å²) in [5, 5.41) is 9.39. The van der Waals surface area contributed by atoms with Crippen molar-refractivity contribution in [3.63, 3.8) is 0 Å². The molecule has 0 radical (unpaired) electrons. The molecule has 1 unspecified atom stereocenters. The third-order valence-corrected chi connectivity index (χ3v) is 4.89. The molecular weight excluding hydrogens is 238 g/mol. The van der Waals surface area contributed by atoms with Crippen molar-refractivity contribution in [3.8, 4) is 0 Å². The molecule has 3 nitrogen and oxygen atoms in total. The van der Waals surface area contributed by atoms with Crippen molar-refractivity contribution >= 4 is 5.97 Å². The zero-order chi connectivity index (χ0) is 13.5. The van der Waals surface area contributed by atoms with Gasteiger partial charge in [-0.05, 0) is 30.4 Å². The van der Waals surface area contributed by atoms with Gasteiger partial charge in [-0.15, -0.1) is 0 Å². The van der Waals surface area contributed by atoms with Crippen LogP contribution in [0.5, 0.6) is 0 Å². The van der Waals surface area contributed by atoms with E-state index in [1.54, 1.807) is 0 Å². The monoisotopic (exact) mass is 259 g/mol. The molecule has 0 bridgehead atoms. The minimum absolute atomic E-state index is 0.234. The van der Waals surface area contributed by atoms with Crippen LogP contribution in [0.2, 0.25) is 0 Å². The lowest BCUT2D eigenvalue weighted by atomic mass is 9.61. The molecule has 1 aromatic carbocycles. The smallest absolute Gasteiger partial charge is 0.320 e. The lowest BCUT2D eigenvalue weighted by Crippen LogP contribution is -2.54. The number of carboxylic acids is 1. The second kappa shape index (κ2) is 4.64. The van der Waals surface area contributed by atoms with Gasteiger partial charge in [-0.3, -0.25) is 9.69 Å². The molecule has 1 fully saturated rings. The van der Waals surface area contributed by atoms with Crippen LogP contribution >= 0.6 is 0 Å². The van der Waals surface area contributed by atoms with Crippen LogP contribution in [0, 0.1) is 0 Å². The van der Waals surface area contributed by atoms with Gasteiger partial charge in [-0.1, -0.05) is 37.6 Å². The van der Waals surface area contributed by atoms with Gasteiger partial charge in [0.1, 0.15) is 6.04 Å². The van der Waals surface area contributed by atoms with E-state index >= 15 is 0 Å². The molecule has 1 heterocycles. The van der Waals surface area contributed by atoms with Crippen LogP contribution in [-0.4, -0.2) is 28.6 Å². The highest BCUT2D eigenvalue weighted by atomic mass is 16.4. The number of nitrogens with zero attached hydrogens (tertiary/aromatic N) is 1. The summed E-state index contributed by atoms with van der Waals surface area (Å²) in [6, 6.07) is 8.24. The van der Waals surface area contributed by atoms with Gasteiger partial charge in [0, 0.05) is 18.5 Å². The van der Waals surface area contributed by atoms with Gasteiger partial charge < -0.3 is 5.11 Å². The van der Waals surface area contributed by atoms with Gasteiger partial charge in [0.25, 0.3) is 0 Å². The molecule has 1 N–H and O–H groups in total. The van der Waals surface area contributed by atoms with Gasteiger partial charge >= 0.3 is 5.97 Å². The van der Waals surface area contributed by atoms with E-state index in [1.165, 1.54) is 30.4 Å². The summed E-state index contributed by atoms with van der Waals surface area (Å²) in [7, 11) is 0. The lowest BCUT2D eigenvalue weighted by molar-refractivity contribution is -0.144. The maximum Gasteiger partial charge on any atom is 0.320 e. The maximum absolute atomic E-state index is 11.4. The van der Waals surface area contributed by atoms with Crippen molar-refractivity contribution < 1.29 is 9.90 Å². The molecule has 0 aromatic heterocycles. The van der Waals surface area contributed by atoms with Crippen molar-refractivity contribution in [2.24, 2.45) is 0 Å². The molecule has 3 rings (SSSR count). The van der Waals surface area contributed by atoms with Crippen LogP contribution in [0.15, 0.2) is 24.3 Å². The molecule has 1 aliphatic heterocycles. The number of carboxylic acid groups (broad SMARTS) is 1. The van der Waals surface area contributed by atoms with Crippen molar-refractivity contribution in [2.75, 3.05) is 6.54 Å². The van der Waals surface area contributed by atoms with Crippen LogP contribution in [0.1, 0.15) is 43.7 Å². The predicted octanol–water partition coefficient (Wildman–Crippen LogP) is 2.79. The molecule has 1 aromatic rings. The third kappa shape index (κ3) is 1.96. The average molecular weight is 259 g/mol. The number of fused-ring (bicyclic) bond motifs is 2. The normalized spacial score (nSPS) is 22.6. The largest absolute Gasteiger partial charge is 0.480 e. The van der Waals surface area contributed by atoms with Gasteiger partial charge in [0.15, 0.2) is 0 Å². The summed E-state index contributed by atoms with van der Waals surface area (Å²) in [5.74, 6) is -0.684. The third-order valence-electron chi connectivity index (χ3n) is 4.89. The number of carbonyl (C=O) groups is 1. The highest BCUT2D eigenvalue weighted by Gasteiger charge is 2.45. The quantitative estimate of drug-likeness (QED) is 0.907. The fraction of sp³-hybridized carbons (Fsp3) is 0.562. The second-order valence-electron chi connectivity index (χ2n) is 5.96. The second-order valence-corrected chi connectivity index (χ2v) is 5.96. The van der Waals surface area contributed by atoms with Crippen LogP contribution in [0.3, 0.4) is 0 Å². The van der Waals surface area contributed by atoms with Crippen LogP contribution in [-0.2, 0) is 16.8 Å². The van der Waals surface area contributed by atoms with Crippen LogP contribution < -0.4 is 0 Å². The van der Waals surface area contributed by atoms with E-state index in [4.69, 9.17) is 0 Å². The summed E-state index contributed by atoms with van der Waals surface area (Å²) >= 11 is 0. The number of aliphatic carboxylic acids is 1. The molecule has 19 heavy (non-hydrogen) atoms. The first-order valence-electron chi connectivity index (χ1n) is 7.21. The standard InChI is InChI=1S/C16H21NO2/c1-2-14(15(18)19)17-10-12-6-3-4-7-13(12)16(11-17)8-5-9-16/h3-4,6-7,14H,2,5,8-11H2,1H3,(H,18,19). The zero-order valence-corrected chi connectivity index (χ0v) is 11.4. The molecule has 0 amide bonds. The fourth-order valence-electron chi connectivity index (χ4n) is 3.76. The Labute approximate surface area is 114 Å². The summed E-state index contributed by atoms with van der Waals surface area (Å²) < 4.78 is 0. The molecule has 1 atom stereocenters. The molecular formula is C16H21NO2. The summed E-state index contributed by atoms with van der Waals surface area (Å²) in [6.45, 7) is 3.66. The zero-order valence-electron chi connectivity index (χ0n) is 11.4. The summed E-state index contributed by atoms with van der Waals surface area (Å²) in [6.07, 6.45) is 4.35. The maximum atomic E-state index is 11.4. The minimum Gasteiger partial charge on any atom is -0.480 e. The van der Waals surface area contributed by atoms with Gasteiger partial charge in [-0.25, -0.2) is 0 Å². The topological polar surface area (TPSA) is 40.5 Å². The fourth-order valence-corrected chi connectivity index (χ4v) is 3.76. The highest BCUT2D eigenvalue weighted by Crippen LogP contribution is 2.48. The number of hydrogen-bond donors (Lipinski definition) is 1. The van der Waals surface area contributed by atoms with Crippen molar-refractivity contribution in [1.29, 1.82) is 0 Å². The molecule has 102 valence electrons. The molecule has 3 heteroatoms. The van der Waals surface area contributed by atoms with E-state index in [0.29, 0.717) is 6.42 Å². The Hall–Kier alpha value is -1.35. The Balaban J connectivity index is 1.95. The Morgan fingerprint density at radius 2 is 2.16 bits per heavy atom. The minimum atomic E-state index is -0.684. The molecule has 1 spiro atoms. The molecule has 1 aliphatic carbocycles. The number of benzene rings is 1. The van der Waals surface area contributed by atoms with Gasteiger partial charge in [0.05, 0.1) is 0 Å². The van der Waals surface area contributed by atoms with E-state index in [1.807, 2.05) is 6.92 Å². The van der Waals surface area contributed by atoms with Crippen molar-refractivity contribution in [1.82, 2.24) is 4.90 Å². The van der Waals surface area contributed by atoms with Gasteiger partial charge in [-0.2, -0.15) is 0 Å². The molecule has 0 saturated heterocycles. The van der Waals surface area contributed by atoms with E-state index in [-0.39, 0.29) is 11.5 Å². The van der Waals surface area contributed by atoms with Crippen molar-refractivity contribution in [3.05, 3.63) is 35.4 Å². The van der Waals surface area contributed by atoms with E-state index < -0.39 is 5.97 Å². The first-order valence-corrected chi connectivity index (χ1v) is 7.21. The van der Waals surface area contributed by atoms with Gasteiger partial charge in [0.2, 0.25) is 0 Å². The number of rotatable bonds is 3. The van der Waals surface area contributed by atoms with Crippen molar-refractivity contribution in [2.45, 2.75) is 50.6 Å². The SMILES string of the molecule is CCC(C(=O)O)N1Cc2ccccc2C2(CCC2)C1. The van der Waals surface area contributed by atoms with E-state index in [2.05, 4.69) is 29.2 Å².